The molecular formula is C24H26BrFN4O2S. The number of aromatic amines is 1. The lowest BCUT2D eigenvalue weighted by Crippen LogP contribution is -2.48. The van der Waals surface area contributed by atoms with Crippen LogP contribution in [0.2, 0.25) is 0 Å². The number of benzene rings is 2. The number of amides is 1. The van der Waals surface area contributed by atoms with Crippen molar-refractivity contribution in [3.8, 4) is 0 Å². The standard InChI is InChI=1S/C24H26BrFN4O2S/c25-17-5-10-21-20(16-17)23(32)30(24(33)27-21)11-3-1-2-4-22(31)29-14-12-28(13-15-29)19-8-6-18(26)7-9-19/h5-10,16H,1-4,11-15H2,(H,27,33). The number of rotatable bonds is 7. The lowest BCUT2D eigenvalue weighted by molar-refractivity contribution is -0.131. The normalized spacial score (nSPS) is 14.1. The zero-order valence-electron chi connectivity index (χ0n) is 18.2. The van der Waals surface area contributed by atoms with Gasteiger partial charge in [0.05, 0.1) is 10.9 Å². The van der Waals surface area contributed by atoms with E-state index in [9.17, 15) is 14.0 Å². The van der Waals surface area contributed by atoms with Crippen LogP contribution in [0.15, 0.2) is 51.7 Å². The van der Waals surface area contributed by atoms with Crippen molar-refractivity contribution in [3.63, 3.8) is 0 Å². The Morgan fingerprint density at radius 3 is 2.48 bits per heavy atom. The number of carbonyl (C=O) groups excluding carboxylic acids is 1. The number of hydrogen-bond acceptors (Lipinski definition) is 4. The van der Waals surface area contributed by atoms with Crippen molar-refractivity contribution in [1.29, 1.82) is 0 Å². The number of anilines is 1. The van der Waals surface area contributed by atoms with Crippen molar-refractivity contribution in [2.24, 2.45) is 0 Å². The fraction of sp³-hybridized carbons (Fsp3) is 0.375. The molecule has 1 fully saturated rings. The molecule has 2 heterocycles. The van der Waals surface area contributed by atoms with Crippen LogP contribution in [-0.4, -0.2) is 46.5 Å². The van der Waals surface area contributed by atoms with Gasteiger partial charge in [0, 0.05) is 49.3 Å². The minimum Gasteiger partial charge on any atom is -0.368 e. The molecule has 0 radical (unpaired) electrons. The van der Waals surface area contributed by atoms with E-state index in [0.29, 0.717) is 36.2 Å². The lowest BCUT2D eigenvalue weighted by Gasteiger charge is -2.36. The molecule has 2 aromatic carbocycles. The first-order valence-corrected chi connectivity index (χ1v) is 12.3. The predicted molar refractivity (Wildman–Crippen MR) is 135 cm³/mol. The van der Waals surface area contributed by atoms with E-state index in [0.717, 1.165) is 48.0 Å². The van der Waals surface area contributed by atoms with E-state index in [1.54, 1.807) is 22.8 Å². The van der Waals surface area contributed by atoms with Crippen LogP contribution in [-0.2, 0) is 11.3 Å². The van der Waals surface area contributed by atoms with Crippen molar-refractivity contribution < 1.29 is 9.18 Å². The Hall–Kier alpha value is -2.52. The maximum absolute atomic E-state index is 13.1. The van der Waals surface area contributed by atoms with Crippen LogP contribution in [0.3, 0.4) is 0 Å². The van der Waals surface area contributed by atoms with Gasteiger partial charge in [0.1, 0.15) is 5.82 Å². The van der Waals surface area contributed by atoms with Gasteiger partial charge in [0.2, 0.25) is 5.91 Å². The largest absolute Gasteiger partial charge is 0.368 e. The smallest absolute Gasteiger partial charge is 0.262 e. The fourth-order valence-electron chi connectivity index (χ4n) is 4.17. The van der Waals surface area contributed by atoms with E-state index >= 15 is 0 Å². The maximum Gasteiger partial charge on any atom is 0.262 e. The highest BCUT2D eigenvalue weighted by molar-refractivity contribution is 9.10. The molecular weight excluding hydrogens is 507 g/mol. The monoisotopic (exact) mass is 532 g/mol. The highest BCUT2D eigenvalue weighted by Gasteiger charge is 2.21. The van der Waals surface area contributed by atoms with Gasteiger partial charge in [0.15, 0.2) is 4.77 Å². The molecule has 1 aliphatic rings. The quantitative estimate of drug-likeness (QED) is 0.348. The van der Waals surface area contributed by atoms with Gasteiger partial charge < -0.3 is 14.8 Å². The molecule has 1 amide bonds. The third-order valence-electron chi connectivity index (χ3n) is 6.04. The lowest BCUT2D eigenvalue weighted by atomic mass is 10.1. The Morgan fingerprint density at radius 1 is 1.03 bits per heavy atom. The third kappa shape index (κ3) is 5.70. The Balaban J connectivity index is 1.22. The number of aromatic nitrogens is 2. The van der Waals surface area contributed by atoms with Crippen LogP contribution in [0.5, 0.6) is 0 Å². The summed E-state index contributed by atoms with van der Waals surface area (Å²) in [5, 5.41) is 0.605. The average Bonchev–Trinajstić information content (AvgIpc) is 2.82. The van der Waals surface area contributed by atoms with Gasteiger partial charge in [0.25, 0.3) is 5.56 Å². The molecule has 4 rings (SSSR count). The molecule has 0 saturated carbocycles. The molecule has 1 aromatic heterocycles. The summed E-state index contributed by atoms with van der Waals surface area (Å²) in [4.78, 5) is 32.6. The number of unbranched alkanes of at least 4 members (excludes halogenated alkanes) is 2. The Bertz CT molecular complexity index is 1250. The summed E-state index contributed by atoms with van der Waals surface area (Å²) in [7, 11) is 0. The molecule has 3 aromatic rings. The third-order valence-corrected chi connectivity index (χ3v) is 6.86. The van der Waals surface area contributed by atoms with Crippen LogP contribution >= 0.6 is 28.1 Å². The molecule has 1 aliphatic heterocycles. The van der Waals surface area contributed by atoms with E-state index < -0.39 is 0 Å². The van der Waals surface area contributed by atoms with Gasteiger partial charge in [-0.1, -0.05) is 22.4 Å². The van der Waals surface area contributed by atoms with E-state index in [-0.39, 0.29) is 17.3 Å². The van der Waals surface area contributed by atoms with Crippen molar-refractivity contribution in [2.75, 3.05) is 31.1 Å². The zero-order valence-corrected chi connectivity index (χ0v) is 20.6. The number of H-pyrrole nitrogens is 1. The summed E-state index contributed by atoms with van der Waals surface area (Å²) in [6.07, 6.45) is 2.91. The summed E-state index contributed by atoms with van der Waals surface area (Å²) < 4.78 is 16.0. The molecule has 0 aliphatic carbocycles. The summed E-state index contributed by atoms with van der Waals surface area (Å²) in [6, 6.07) is 12.0. The topological polar surface area (TPSA) is 61.3 Å². The number of fused-ring (bicyclic) bond motifs is 1. The highest BCUT2D eigenvalue weighted by atomic mass is 79.9. The number of piperazine rings is 1. The van der Waals surface area contributed by atoms with Gasteiger partial charge >= 0.3 is 0 Å². The highest BCUT2D eigenvalue weighted by Crippen LogP contribution is 2.18. The molecule has 33 heavy (non-hydrogen) atoms. The number of halogens is 2. The van der Waals surface area contributed by atoms with Crippen LogP contribution < -0.4 is 10.5 Å². The molecule has 1 N–H and O–H groups in total. The van der Waals surface area contributed by atoms with Gasteiger partial charge in [-0.3, -0.25) is 14.2 Å². The number of nitrogens with zero attached hydrogens (tertiary/aromatic N) is 3. The van der Waals surface area contributed by atoms with Crippen LogP contribution in [0.4, 0.5) is 10.1 Å². The Labute approximate surface area is 205 Å². The second-order valence-corrected chi connectivity index (χ2v) is 9.53. The minimum absolute atomic E-state index is 0.0925. The molecule has 9 heteroatoms. The summed E-state index contributed by atoms with van der Waals surface area (Å²) in [6.45, 7) is 3.37. The maximum atomic E-state index is 13.1. The summed E-state index contributed by atoms with van der Waals surface area (Å²) in [5.74, 6) is -0.0769. The van der Waals surface area contributed by atoms with Gasteiger partial charge in [-0.15, -0.1) is 0 Å². The van der Waals surface area contributed by atoms with E-state index in [4.69, 9.17) is 12.2 Å². The van der Waals surface area contributed by atoms with Gasteiger partial charge in [-0.05, 0) is 67.5 Å². The summed E-state index contributed by atoms with van der Waals surface area (Å²) in [5.41, 5.74) is 1.62. The Kier molecular flexibility index (Phi) is 7.60. The SMILES string of the molecule is O=C(CCCCCn1c(=S)[nH]c2ccc(Br)cc2c1=O)N1CCN(c2ccc(F)cc2)CC1. The first kappa shape index (κ1) is 23.6. The zero-order chi connectivity index (χ0) is 23.4. The average molecular weight is 533 g/mol. The molecule has 6 nitrogen and oxygen atoms in total. The Morgan fingerprint density at radius 2 is 1.76 bits per heavy atom. The molecule has 1 saturated heterocycles. The van der Waals surface area contributed by atoms with Crippen molar-refractivity contribution in [1.82, 2.24) is 14.5 Å². The van der Waals surface area contributed by atoms with Gasteiger partial charge in [-0.25, -0.2) is 4.39 Å². The van der Waals surface area contributed by atoms with Crippen LogP contribution in [0, 0.1) is 10.6 Å². The molecule has 0 spiro atoms. The number of carbonyl (C=O) groups is 1. The molecule has 0 unspecified atom stereocenters. The van der Waals surface area contributed by atoms with E-state index in [2.05, 4.69) is 25.8 Å². The second kappa shape index (κ2) is 10.6. The van der Waals surface area contributed by atoms with Crippen LogP contribution in [0.1, 0.15) is 25.7 Å². The molecule has 174 valence electrons. The first-order chi connectivity index (χ1) is 15.9. The van der Waals surface area contributed by atoms with Crippen molar-refractivity contribution >= 4 is 50.6 Å². The first-order valence-electron chi connectivity index (χ1n) is 11.1. The summed E-state index contributed by atoms with van der Waals surface area (Å²) >= 11 is 8.77. The fourth-order valence-corrected chi connectivity index (χ4v) is 4.82. The van der Waals surface area contributed by atoms with Crippen molar-refractivity contribution in [2.45, 2.75) is 32.2 Å². The minimum atomic E-state index is -0.242. The van der Waals surface area contributed by atoms with Gasteiger partial charge in [-0.2, -0.15) is 0 Å². The van der Waals surface area contributed by atoms with E-state index in [1.165, 1.54) is 12.1 Å². The van der Waals surface area contributed by atoms with Crippen molar-refractivity contribution in [3.05, 3.63) is 67.9 Å². The number of hydrogen-bond donors (Lipinski definition) is 1. The number of nitrogens with one attached hydrogen (secondary N) is 1. The molecule has 0 bridgehead atoms. The van der Waals surface area contributed by atoms with Crippen LogP contribution in [0.25, 0.3) is 10.9 Å². The molecule has 0 atom stereocenters. The van der Waals surface area contributed by atoms with E-state index in [1.807, 2.05) is 17.0 Å². The predicted octanol–water partition coefficient (Wildman–Crippen LogP) is 4.87. The second-order valence-electron chi connectivity index (χ2n) is 8.23.